The molecule has 0 fully saturated rings. The molecule has 0 bridgehead atoms. The first-order valence-electron chi connectivity index (χ1n) is 6.39. The fourth-order valence-electron chi connectivity index (χ4n) is 2.58. The zero-order valence-corrected chi connectivity index (χ0v) is 11.8. The largest absolute Gasteiger partial charge is 0.511 e. The third-order valence-electron chi connectivity index (χ3n) is 3.53. The summed E-state index contributed by atoms with van der Waals surface area (Å²) in [6.07, 6.45) is 0.0157. The van der Waals surface area contributed by atoms with Crippen LogP contribution >= 0.6 is 0 Å². The molecule has 1 unspecified atom stereocenters. The molecule has 0 radical (unpaired) electrons. The number of benzene rings is 1. The van der Waals surface area contributed by atoms with Gasteiger partial charge in [-0.05, 0) is 18.1 Å². The summed E-state index contributed by atoms with van der Waals surface area (Å²) in [6, 6.07) is 5.11. The predicted molar refractivity (Wildman–Crippen MR) is 74.0 cm³/mol. The summed E-state index contributed by atoms with van der Waals surface area (Å²) in [5.41, 5.74) is 1.22. The molecule has 2 N–H and O–H groups in total. The summed E-state index contributed by atoms with van der Waals surface area (Å²) < 4.78 is 9.96. The highest BCUT2D eigenvalue weighted by atomic mass is 16.5. The number of methoxy groups -OCH3 is 2. The van der Waals surface area contributed by atoms with Gasteiger partial charge in [-0.2, -0.15) is 0 Å². The number of carboxylic acid groups (broad SMARTS) is 1. The van der Waals surface area contributed by atoms with Crippen LogP contribution in [0.5, 0.6) is 5.75 Å². The molecule has 6 nitrogen and oxygen atoms in total. The second-order valence-electron chi connectivity index (χ2n) is 4.74. The SMILES string of the molecule is COC(=O)C1=C(O)C(CC(=O)O)Cc2c(OC)cccc21. The van der Waals surface area contributed by atoms with E-state index < -0.39 is 17.9 Å². The number of hydrogen-bond acceptors (Lipinski definition) is 5. The third-order valence-corrected chi connectivity index (χ3v) is 3.53. The van der Waals surface area contributed by atoms with E-state index in [1.807, 2.05) is 0 Å². The Morgan fingerprint density at radius 1 is 1.33 bits per heavy atom. The van der Waals surface area contributed by atoms with Crippen molar-refractivity contribution in [1.82, 2.24) is 0 Å². The van der Waals surface area contributed by atoms with Crippen molar-refractivity contribution in [2.45, 2.75) is 12.8 Å². The first-order valence-corrected chi connectivity index (χ1v) is 6.39. The first-order chi connectivity index (χ1) is 9.99. The van der Waals surface area contributed by atoms with Gasteiger partial charge in [0, 0.05) is 11.5 Å². The van der Waals surface area contributed by atoms with Crippen molar-refractivity contribution < 1.29 is 29.3 Å². The second-order valence-corrected chi connectivity index (χ2v) is 4.74. The number of rotatable bonds is 4. The van der Waals surface area contributed by atoms with Crippen LogP contribution in [0.3, 0.4) is 0 Å². The van der Waals surface area contributed by atoms with E-state index in [0.717, 1.165) is 0 Å². The number of carbonyl (C=O) groups is 2. The summed E-state index contributed by atoms with van der Waals surface area (Å²) in [5, 5.41) is 19.2. The fourth-order valence-corrected chi connectivity index (χ4v) is 2.58. The standard InChI is InChI=1S/C15H16O6/c1-20-11-5-3-4-9-10(11)6-8(7-12(16)17)14(18)13(9)15(19)21-2/h3-5,8,18H,6-7H2,1-2H3,(H,16,17). The predicted octanol–water partition coefficient (Wildman–Crippen LogP) is 1.78. The minimum Gasteiger partial charge on any atom is -0.511 e. The highest BCUT2D eigenvalue weighted by Crippen LogP contribution is 2.39. The molecule has 6 heteroatoms. The highest BCUT2D eigenvalue weighted by molar-refractivity contribution is 6.18. The maximum atomic E-state index is 11.9. The summed E-state index contributed by atoms with van der Waals surface area (Å²) in [6.45, 7) is 0. The number of fused-ring (bicyclic) bond motifs is 1. The molecule has 21 heavy (non-hydrogen) atoms. The van der Waals surface area contributed by atoms with E-state index in [9.17, 15) is 14.7 Å². The smallest absolute Gasteiger partial charge is 0.341 e. The van der Waals surface area contributed by atoms with Crippen LogP contribution in [-0.4, -0.2) is 36.4 Å². The molecule has 1 aromatic carbocycles. The minimum absolute atomic E-state index is 0.00361. The highest BCUT2D eigenvalue weighted by Gasteiger charge is 2.34. The topological polar surface area (TPSA) is 93.1 Å². The number of carboxylic acids is 1. The lowest BCUT2D eigenvalue weighted by Gasteiger charge is -2.26. The molecule has 0 saturated heterocycles. The van der Waals surface area contributed by atoms with E-state index in [-0.39, 0.29) is 24.2 Å². The number of allylic oxidation sites excluding steroid dienone is 1. The average molecular weight is 292 g/mol. The van der Waals surface area contributed by atoms with Crippen molar-refractivity contribution in [3.8, 4) is 5.75 Å². The van der Waals surface area contributed by atoms with Crippen molar-refractivity contribution in [2.24, 2.45) is 5.92 Å². The third kappa shape index (κ3) is 2.69. The molecule has 112 valence electrons. The van der Waals surface area contributed by atoms with Gasteiger partial charge in [-0.1, -0.05) is 12.1 Å². The number of aliphatic carboxylic acids is 1. The number of hydrogen-bond donors (Lipinski definition) is 2. The van der Waals surface area contributed by atoms with E-state index in [2.05, 4.69) is 0 Å². The number of ether oxygens (including phenoxy) is 2. The summed E-state index contributed by atoms with van der Waals surface area (Å²) in [4.78, 5) is 22.9. The fraction of sp³-hybridized carbons (Fsp3) is 0.333. The van der Waals surface area contributed by atoms with Gasteiger partial charge in [0.2, 0.25) is 0 Å². The van der Waals surface area contributed by atoms with Crippen LogP contribution < -0.4 is 4.74 Å². The first kappa shape index (κ1) is 14.9. The van der Waals surface area contributed by atoms with Crippen LogP contribution in [0.2, 0.25) is 0 Å². The maximum absolute atomic E-state index is 11.9. The van der Waals surface area contributed by atoms with E-state index in [1.165, 1.54) is 14.2 Å². The maximum Gasteiger partial charge on any atom is 0.341 e. The molecule has 1 aliphatic carbocycles. The monoisotopic (exact) mass is 292 g/mol. The van der Waals surface area contributed by atoms with Gasteiger partial charge in [-0.3, -0.25) is 4.79 Å². The van der Waals surface area contributed by atoms with E-state index in [1.54, 1.807) is 18.2 Å². The molecule has 0 heterocycles. The van der Waals surface area contributed by atoms with Crippen molar-refractivity contribution >= 4 is 17.5 Å². The Morgan fingerprint density at radius 3 is 2.62 bits per heavy atom. The van der Waals surface area contributed by atoms with Gasteiger partial charge in [-0.25, -0.2) is 4.79 Å². The van der Waals surface area contributed by atoms with Gasteiger partial charge in [-0.15, -0.1) is 0 Å². The van der Waals surface area contributed by atoms with Gasteiger partial charge < -0.3 is 19.7 Å². The van der Waals surface area contributed by atoms with Crippen molar-refractivity contribution in [3.63, 3.8) is 0 Å². The van der Waals surface area contributed by atoms with Gasteiger partial charge in [0.15, 0.2) is 0 Å². The van der Waals surface area contributed by atoms with Gasteiger partial charge >= 0.3 is 11.9 Å². The molecule has 0 saturated carbocycles. The van der Waals surface area contributed by atoms with E-state index in [0.29, 0.717) is 16.9 Å². The Kier molecular flexibility index (Phi) is 4.16. The normalized spacial score (nSPS) is 17.1. The van der Waals surface area contributed by atoms with Crippen molar-refractivity contribution in [2.75, 3.05) is 14.2 Å². The molecule has 0 aromatic heterocycles. The molecule has 0 aliphatic heterocycles. The Balaban J connectivity index is 2.61. The molecule has 2 rings (SSSR count). The van der Waals surface area contributed by atoms with Crippen LogP contribution in [0.15, 0.2) is 24.0 Å². The van der Waals surface area contributed by atoms with E-state index >= 15 is 0 Å². The minimum atomic E-state index is -1.05. The number of aliphatic hydroxyl groups is 1. The average Bonchev–Trinajstić information content (AvgIpc) is 2.46. The van der Waals surface area contributed by atoms with E-state index in [4.69, 9.17) is 14.6 Å². The summed E-state index contributed by atoms with van der Waals surface area (Å²) in [7, 11) is 2.71. The van der Waals surface area contributed by atoms with Crippen LogP contribution in [0.25, 0.3) is 5.57 Å². The van der Waals surface area contributed by atoms with Crippen molar-refractivity contribution in [3.05, 3.63) is 35.1 Å². The quantitative estimate of drug-likeness (QED) is 0.822. The Labute approximate surface area is 121 Å². The molecule has 1 aliphatic rings. The molecular weight excluding hydrogens is 276 g/mol. The number of carbonyl (C=O) groups excluding carboxylic acids is 1. The van der Waals surface area contributed by atoms with Crippen molar-refractivity contribution in [1.29, 1.82) is 0 Å². The van der Waals surface area contributed by atoms with Gasteiger partial charge in [0.1, 0.15) is 17.1 Å². The van der Waals surface area contributed by atoms with Crippen LogP contribution in [0, 0.1) is 5.92 Å². The molecule has 0 amide bonds. The Bertz CT molecular complexity index is 617. The lowest BCUT2D eigenvalue weighted by Crippen LogP contribution is -2.23. The lowest BCUT2D eigenvalue weighted by molar-refractivity contribution is -0.138. The molecule has 0 spiro atoms. The zero-order valence-electron chi connectivity index (χ0n) is 11.8. The number of aliphatic hydroxyl groups excluding tert-OH is 1. The van der Waals surface area contributed by atoms with Gasteiger partial charge in [0.25, 0.3) is 0 Å². The van der Waals surface area contributed by atoms with Crippen LogP contribution in [0.4, 0.5) is 0 Å². The Morgan fingerprint density at radius 2 is 2.05 bits per heavy atom. The number of esters is 1. The van der Waals surface area contributed by atoms with Gasteiger partial charge in [0.05, 0.1) is 20.6 Å². The second kappa shape index (κ2) is 5.87. The molecule has 1 atom stereocenters. The van der Waals surface area contributed by atoms with Crippen LogP contribution in [-0.2, 0) is 20.7 Å². The molecule has 1 aromatic rings. The summed E-state index contributed by atoms with van der Waals surface area (Å²) >= 11 is 0. The zero-order chi connectivity index (χ0) is 15.6. The summed E-state index contributed by atoms with van der Waals surface area (Å²) in [5.74, 6) is -2.12. The molecular formula is C15H16O6. The lowest BCUT2D eigenvalue weighted by atomic mass is 9.81. The van der Waals surface area contributed by atoms with Crippen LogP contribution in [0.1, 0.15) is 17.5 Å². The Hall–Kier alpha value is -2.50.